The van der Waals surface area contributed by atoms with Crippen LogP contribution in [-0.2, 0) is 4.79 Å². The number of hydrogen-bond donors (Lipinski definition) is 2. The lowest BCUT2D eigenvalue weighted by Gasteiger charge is -2.05. The highest BCUT2D eigenvalue weighted by Gasteiger charge is 2.11. The number of amides is 1. The van der Waals surface area contributed by atoms with Crippen LogP contribution in [0.3, 0.4) is 0 Å². The lowest BCUT2D eigenvalue weighted by molar-refractivity contribution is -0.121. The zero-order chi connectivity index (χ0) is 10.6. The molecule has 76 valence electrons. The summed E-state index contributed by atoms with van der Waals surface area (Å²) >= 11 is 1.25. The monoisotopic (exact) mass is 213 g/mol. The van der Waals surface area contributed by atoms with Gasteiger partial charge in [0.1, 0.15) is 0 Å². The molecular weight excluding hydrogens is 202 g/mol. The molecule has 0 aliphatic rings. The average Bonchev–Trinajstić information content (AvgIpc) is 2.66. The van der Waals surface area contributed by atoms with Crippen molar-refractivity contribution in [3.63, 3.8) is 0 Å². The Kier molecular flexibility index (Phi) is 3.73. The zero-order valence-electron chi connectivity index (χ0n) is 7.69. The molecule has 14 heavy (non-hydrogen) atoms. The van der Waals surface area contributed by atoms with E-state index < -0.39 is 6.04 Å². The third-order valence-corrected chi connectivity index (χ3v) is 2.32. The van der Waals surface area contributed by atoms with Gasteiger partial charge in [-0.1, -0.05) is 0 Å². The predicted molar refractivity (Wildman–Crippen MR) is 53.1 cm³/mol. The van der Waals surface area contributed by atoms with Crippen molar-refractivity contribution in [2.75, 3.05) is 6.54 Å². The van der Waals surface area contributed by atoms with Crippen LogP contribution in [0.4, 0.5) is 0 Å². The molecule has 5 nitrogen and oxygen atoms in total. The number of ketones is 1. The number of aromatic nitrogens is 1. The molecule has 0 aliphatic heterocycles. The zero-order valence-corrected chi connectivity index (χ0v) is 8.50. The first-order valence-electron chi connectivity index (χ1n) is 4.07. The Morgan fingerprint density at radius 1 is 1.71 bits per heavy atom. The first-order chi connectivity index (χ1) is 6.61. The fraction of sp³-hybridized carbons (Fsp3) is 0.375. The van der Waals surface area contributed by atoms with Crippen LogP contribution in [0.15, 0.2) is 11.6 Å². The van der Waals surface area contributed by atoms with Crippen molar-refractivity contribution >= 4 is 23.0 Å². The summed E-state index contributed by atoms with van der Waals surface area (Å²) in [4.78, 5) is 26.2. The smallest absolute Gasteiger partial charge is 0.237 e. The molecule has 0 unspecified atom stereocenters. The van der Waals surface area contributed by atoms with Gasteiger partial charge in [-0.3, -0.25) is 9.59 Å². The summed E-state index contributed by atoms with van der Waals surface area (Å²) < 4.78 is 0. The van der Waals surface area contributed by atoms with Crippen LogP contribution >= 0.6 is 11.3 Å². The number of Topliss-reactive ketones (excluding diaryl/α,β-unsaturated/α-hetero) is 1. The van der Waals surface area contributed by atoms with Gasteiger partial charge in [-0.05, 0) is 6.92 Å². The van der Waals surface area contributed by atoms with E-state index in [9.17, 15) is 9.59 Å². The standard InChI is InChI=1S/C8H11N3O2S/c1-5(9)7(13)11-4-6(12)8-10-2-3-14-8/h2-3,5H,4,9H2,1H3,(H,11,13)/t5-/m0/s1. The molecule has 0 bridgehead atoms. The number of thiazole rings is 1. The molecule has 1 rings (SSSR count). The number of hydrogen-bond acceptors (Lipinski definition) is 5. The van der Waals surface area contributed by atoms with E-state index in [1.165, 1.54) is 11.3 Å². The number of nitrogens with one attached hydrogen (secondary N) is 1. The van der Waals surface area contributed by atoms with Crippen LogP contribution in [0, 0.1) is 0 Å². The average molecular weight is 213 g/mol. The SMILES string of the molecule is C[C@H](N)C(=O)NCC(=O)c1nccs1. The van der Waals surface area contributed by atoms with E-state index in [0.29, 0.717) is 5.01 Å². The molecule has 6 heteroatoms. The quantitative estimate of drug-likeness (QED) is 0.678. The third kappa shape index (κ3) is 2.90. The third-order valence-electron chi connectivity index (χ3n) is 1.51. The van der Waals surface area contributed by atoms with Gasteiger partial charge in [-0.2, -0.15) is 0 Å². The van der Waals surface area contributed by atoms with Crippen LogP contribution in [0.25, 0.3) is 0 Å². The molecule has 3 N–H and O–H groups in total. The normalized spacial score (nSPS) is 12.1. The molecule has 1 atom stereocenters. The number of nitrogens with two attached hydrogens (primary N) is 1. The van der Waals surface area contributed by atoms with Crippen molar-refractivity contribution in [1.29, 1.82) is 0 Å². The maximum atomic E-state index is 11.3. The van der Waals surface area contributed by atoms with Crippen molar-refractivity contribution in [2.24, 2.45) is 5.73 Å². The largest absolute Gasteiger partial charge is 0.347 e. The lowest BCUT2D eigenvalue weighted by Crippen LogP contribution is -2.40. The minimum Gasteiger partial charge on any atom is -0.347 e. The molecule has 0 spiro atoms. The van der Waals surface area contributed by atoms with Crippen molar-refractivity contribution in [2.45, 2.75) is 13.0 Å². The molecule has 1 heterocycles. The number of nitrogens with zero attached hydrogens (tertiary/aromatic N) is 1. The summed E-state index contributed by atoms with van der Waals surface area (Å²) in [5.74, 6) is -0.538. The summed E-state index contributed by atoms with van der Waals surface area (Å²) in [6.45, 7) is 1.51. The van der Waals surface area contributed by atoms with E-state index in [4.69, 9.17) is 5.73 Å². The Hall–Kier alpha value is -1.27. The first-order valence-corrected chi connectivity index (χ1v) is 4.95. The fourth-order valence-corrected chi connectivity index (χ4v) is 1.34. The summed E-state index contributed by atoms with van der Waals surface area (Å²) in [6, 6.07) is -0.598. The highest BCUT2D eigenvalue weighted by Crippen LogP contribution is 2.03. The van der Waals surface area contributed by atoms with E-state index in [2.05, 4.69) is 10.3 Å². The van der Waals surface area contributed by atoms with Gasteiger partial charge < -0.3 is 11.1 Å². The minimum absolute atomic E-state index is 0.0477. The number of carbonyl (C=O) groups is 2. The first kappa shape index (κ1) is 10.8. The van der Waals surface area contributed by atoms with Crippen molar-refractivity contribution in [1.82, 2.24) is 10.3 Å². The van der Waals surface area contributed by atoms with E-state index in [-0.39, 0.29) is 18.2 Å². The molecule has 1 aromatic heterocycles. The highest BCUT2D eigenvalue weighted by molar-refractivity contribution is 7.11. The van der Waals surface area contributed by atoms with Crippen LogP contribution < -0.4 is 11.1 Å². The molecule has 0 aromatic carbocycles. The van der Waals surface area contributed by atoms with Crippen molar-refractivity contribution in [3.05, 3.63) is 16.6 Å². The van der Waals surface area contributed by atoms with Gasteiger partial charge in [0.2, 0.25) is 11.7 Å². The second-order valence-electron chi connectivity index (χ2n) is 2.77. The topological polar surface area (TPSA) is 85.1 Å². The Labute approximate surface area is 85.3 Å². The highest BCUT2D eigenvalue weighted by atomic mass is 32.1. The summed E-state index contributed by atoms with van der Waals surface area (Å²) in [7, 11) is 0. The van der Waals surface area contributed by atoms with Crippen LogP contribution in [0.2, 0.25) is 0 Å². The second kappa shape index (κ2) is 4.83. The Bertz CT molecular complexity index is 321. The minimum atomic E-state index is -0.598. The second-order valence-corrected chi connectivity index (χ2v) is 3.66. The van der Waals surface area contributed by atoms with Gasteiger partial charge in [0.05, 0.1) is 12.6 Å². The van der Waals surface area contributed by atoms with Gasteiger partial charge in [0.15, 0.2) is 5.01 Å². The maximum Gasteiger partial charge on any atom is 0.237 e. The van der Waals surface area contributed by atoms with E-state index >= 15 is 0 Å². The van der Waals surface area contributed by atoms with Crippen LogP contribution in [0.1, 0.15) is 16.7 Å². The van der Waals surface area contributed by atoms with Gasteiger partial charge in [0, 0.05) is 11.6 Å². The Morgan fingerprint density at radius 3 is 2.93 bits per heavy atom. The van der Waals surface area contributed by atoms with Crippen LogP contribution in [-0.4, -0.2) is 29.3 Å². The number of rotatable bonds is 4. The van der Waals surface area contributed by atoms with E-state index in [1.54, 1.807) is 18.5 Å². The molecule has 1 amide bonds. The molecule has 0 aliphatic carbocycles. The van der Waals surface area contributed by atoms with Crippen molar-refractivity contribution in [3.8, 4) is 0 Å². The maximum absolute atomic E-state index is 11.3. The molecular formula is C8H11N3O2S. The molecule has 1 aromatic rings. The predicted octanol–water partition coefficient (Wildman–Crippen LogP) is -0.211. The summed E-state index contributed by atoms with van der Waals surface area (Å²) in [5.41, 5.74) is 5.30. The van der Waals surface area contributed by atoms with E-state index in [0.717, 1.165) is 0 Å². The molecule has 0 fully saturated rings. The molecule has 0 saturated heterocycles. The molecule has 0 saturated carbocycles. The lowest BCUT2D eigenvalue weighted by atomic mass is 10.3. The number of carbonyl (C=O) groups excluding carboxylic acids is 2. The van der Waals surface area contributed by atoms with Crippen molar-refractivity contribution < 1.29 is 9.59 Å². The Morgan fingerprint density at radius 2 is 2.43 bits per heavy atom. The van der Waals surface area contributed by atoms with Gasteiger partial charge in [0.25, 0.3) is 0 Å². The van der Waals surface area contributed by atoms with Gasteiger partial charge in [-0.25, -0.2) is 4.98 Å². The Balaban J connectivity index is 2.40. The van der Waals surface area contributed by atoms with Gasteiger partial charge in [-0.15, -0.1) is 11.3 Å². The fourth-order valence-electron chi connectivity index (χ4n) is 0.765. The summed E-state index contributed by atoms with van der Waals surface area (Å²) in [5, 5.41) is 4.53. The van der Waals surface area contributed by atoms with Crippen LogP contribution in [0.5, 0.6) is 0 Å². The van der Waals surface area contributed by atoms with Gasteiger partial charge >= 0.3 is 0 Å². The van der Waals surface area contributed by atoms with E-state index in [1.807, 2.05) is 0 Å². The summed E-state index contributed by atoms with van der Waals surface area (Å²) in [6.07, 6.45) is 1.55. The molecule has 0 radical (unpaired) electrons.